The van der Waals surface area contributed by atoms with E-state index in [-0.39, 0.29) is 0 Å². The molecule has 4 aliphatic rings. The smallest absolute Gasteiger partial charge is 0.0381 e. The van der Waals surface area contributed by atoms with Gasteiger partial charge in [0.1, 0.15) is 0 Å². The summed E-state index contributed by atoms with van der Waals surface area (Å²) >= 11 is 0. The van der Waals surface area contributed by atoms with E-state index in [0.29, 0.717) is 5.54 Å². The van der Waals surface area contributed by atoms with E-state index in [1.54, 1.807) is 0 Å². The van der Waals surface area contributed by atoms with Crippen LogP contribution in [0.5, 0.6) is 0 Å². The zero-order valence-corrected chi connectivity index (χ0v) is 12.2. The van der Waals surface area contributed by atoms with Crippen molar-refractivity contribution in [2.24, 2.45) is 17.8 Å². The summed E-state index contributed by atoms with van der Waals surface area (Å²) in [4.78, 5) is 0. The van der Waals surface area contributed by atoms with E-state index < -0.39 is 0 Å². The molecule has 0 unspecified atom stereocenters. The lowest BCUT2D eigenvalue weighted by Gasteiger charge is -2.57. The minimum absolute atomic E-state index is 0.439. The van der Waals surface area contributed by atoms with E-state index >= 15 is 0 Å². The molecule has 1 aromatic carbocycles. The Kier molecular flexibility index (Phi) is 2.49. The quantitative estimate of drug-likeness (QED) is 0.808. The first-order valence-corrected chi connectivity index (χ1v) is 7.97. The standard InChI is InChI=1S/C18H25N/c1-12-3-4-17(13(2)5-12)19-18-9-14-6-15(10-18)8-16(7-14)11-18/h3-5,14-16,19H,6-11H2,1-2H3. The number of nitrogens with one attached hydrogen (secondary N) is 1. The van der Waals surface area contributed by atoms with Gasteiger partial charge in [-0.1, -0.05) is 17.7 Å². The van der Waals surface area contributed by atoms with Crippen LogP contribution in [0.15, 0.2) is 18.2 Å². The number of rotatable bonds is 2. The topological polar surface area (TPSA) is 12.0 Å². The highest BCUT2D eigenvalue weighted by Gasteiger charge is 2.50. The molecule has 0 aromatic heterocycles. The highest BCUT2D eigenvalue weighted by Crippen LogP contribution is 2.56. The van der Waals surface area contributed by atoms with Crippen LogP contribution in [0.4, 0.5) is 5.69 Å². The van der Waals surface area contributed by atoms with E-state index in [1.807, 2.05) is 0 Å². The van der Waals surface area contributed by atoms with Crippen LogP contribution in [-0.2, 0) is 0 Å². The van der Waals surface area contributed by atoms with Crippen molar-refractivity contribution in [2.45, 2.75) is 57.9 Å². The van der Waals surface area contributed by atoms with Gasteiger partial charge in [0.05, 0.1) is 0 Å². The Morgan fingerprint density at radius 2 is 1.53 bits per heavy atom. The summed E-state index contributed by atoms with van der Waals surface area (Å²) in [5, 5.41) is 3.98. The van der Waals surface area contributed by atoms with Crippen molar-refractivity contribution in [3.8, 4) is 0 Å². The van der Waals surface area contributed by atoms with Gasteiger partial charge in [-0.05, 0) is 81.8 Å². The van der Waals surface area contributed by atoms with Gasteiger partial charge in [0, 0.05) is 11.2 Å². The van der Waals surface area contributed by atoms with E-state index in [2.05, 4.69) is 37.4 Å². The van der Waals surface area contributed by atoms with E-state index in [1.165, 1.54) is 55.3 Å². The molecule has 4 saturated carbocycles. The summed E-state index contributed by atoms with van der Waals surface area (Å²) < 4.78 is 0. The summed E-state index contributed by atoms with van der Waals surface area (Å²) in [5.41, 5.74) is 4.60. The SMILES string of the molecule is Cc1ccc(NC23CC4CC(CC(C4)C2)C3)c(C)c1. The molecule has 0 saturated heterocycles. The van der Waals surface area contributed by atoms with Crippen LogP contribution in [0.2, 0.25) is 0 Å². The van der Waals surface area contributed by atoms with Crippen LogP contribution < -0.4 is 5.32 Å². The number of benzene rings is 1. The Balaban J connectivity index is 1.62. The third-order valence-electron chi connectivity index (χ3n) is 5.82. The predicted octanol–water partition coefficient (Wildman–Crippen LogP) is 4.68. The number of hydrogen-bond donors (Lipinski definition) is 1. The molecule has 19 heavy (non-hydrogen) atoms. The summed E-state index contributed by atoms with van der Waals surface area (Å²) in [6.45, 7) is 4.43. The molecule has 1 N–H and O–H groups in total. The average molecular weight is 255 g/mol. The molecule has 5 rings (SSSR count). The van der Waals surface area contributed by atoms with Gasteiger partial charge >= 0.3 is 0 Å². The van der Waals surface area contributed by atoms with Gasteiger partial charge in [0.25, 0.3) is 0 Å². The molecule has 0 heterocycles. The van der Waals surface area contributed by atoms with Crippen molar-refractivity contribution in [2.75, 3.05) is 5.32 Å². The molecule has 4 fully saturated rings. The first kappa shape index (κ1) is 11.8. The third-order valence-corrected chi connectivity index (χ3v) is 5.82. The summed E-state index contributed by atoms with van der Waals surface area (Å²) in [6.07, 6.45) is 8.83. The first-order valence-electron chi connectivity index (χ1n) is 7.97. The van der Waals surface area contributed by atoms with Crippen molar-refractivity contribution in [3.63, 3.8) is 0 Å². The molecular formula is C18H25N. The highest BCUT2D eigenvalue weighted by molar-refractivity contribution is 5.54. The monoisotopic (exact) mass is 255 g/mol. The lowest BCUT2D eigenvalue weighted by molar-refractivity contribution is 0.0107. The van der Waals surface area contributed by atoms with Gasteiger partial charge in [-0.2, -0.15) is 0 Å². The predicted molar refractivity (Wildman–Crippen MR) is 80.4 cm³/mol. The van der Waals surface area contributed by atoms with Gasteiger partial charge in [0.2, 0.25) is 0 Å². The van der Waals surface area contributed by atoms with Crippen molar-refractivity contribution in [3.05, 3.63) is 29.3 Å². The lowest BCUT2D eigenvalue weighted by atomic mass is 9.53. The number of aryl methyl sites for hydroxylation is 2. The second-order valence-corrected chi connectivity index (χ2v) is 7.64. The largest absolute Gasteiger partial charge is 0.379 e. The first-order chi connectivity index (χ1) is 9.12. The van der Waals surface area contributed by atoms with Gasteiger partial charge < -0.3 is 5.32 Å². The minimum Gasteiger partial charge on any atom is -0.379 e. The summed E-state index contributed by atoms with van der Waals surface area (Å²) in [5.74, 6) is 3.05. The molecule has 1 aromatic rings. The minimum atomic E-state index is 0.439. The van der Waals surface area contributed by atoms with Crippen molar-refractivity contribution < 1.29 is 0 Å². The average Bonchev–Trinajstić information content (AvgIpc) is 2.31. The fourth-order valence-corrected chi connectivity index (χ4v) is 5.50. The Morgan fingerprint density at radius 3 is 2.05 bits per heavy atom. The Morgan fingerprint density at radius 1 is 0.947 bits per heavy atom. The van der Waals surface area contributed by atoms with Crippen LogP contribution in [0.3, 0.4) is 0 Å². The van der Waals surface area contributed by atoms with Crippen LogP contribution in [-0.4, -0.2) is 5.54 Å². The maximum absolute atomic E-state index is 3.98. The van der Waals surface area contributed by atoms with E-state index in [4.69, 9.17) is 0 Å². The summed E-state index contributed by atoms with van der Waals surface area (Å²) in [6, 6.07) is 6.85. The number of anilines is 1. The van der Waals surface area contributed by atoms with Crippen molar-refractivity contribution in [1.82, 2.24) is 0 Å². The third kappa shape index (κ3) is 1.98. The molecule has 0 aliphatic heterocycles. The van der Waals surface area contributed by atoms with Crippen molar-refractivity contribution in [1.29, 1.82) is 0 Å². The Bertz CT molecular complexity index is 467. The van der Waals surface area contributed by atoms with Crippen LogP contribution >= 0.6 is 0 Å². The second-order valence-electron chi connectivity index (χ2n) is 7.64. The Hall–Kier alpha value is -0.980. The Labute approximate surface area is 116 Å². The molecule has 0 atom stereocenters. The van der Waals surface area contributed by atoms with Crippen molar-refractivity contribution >= 4 is 5.69 Å². The van der Waals surface area contributed by atoms with Crippen LogP contribution in [0.1, 0.15) is 49.7 Å². The molecule has 4 aliphatic carbocycles. The molecule has 102 valence electrons. The second kappa shape index (κ2) is 4.01. The molecule has 1 nitrogen and oxygen atoms in total. The summed E-state index contributed by atoms with van der Waals surface area (Å²) in [7, 11) is 0. The van der Waals surface area contributed by atoms with E-state index in [0.717, 1.165) is 17.8 Å². The van der Waals surface area contributed by atoms with Crippen LogP contribution in [0, 0.1) is 31.6 Å². The molecule has 4 bridgehead atoms. The van der Waals surface area contributed by atoms with Gasteiger partial charge in [-0.25, -0.2) is 0 Å². The normalized spacial score (nSPS) is 39.6. The van der Waals surface area contributed by atoms with Gasteiger partial charge in [-0.15, -0.1) is 0 Å². The maximum atomic E-state index is 3.98. The fraction of sp³-hybridized carbons (Fsp3) is 0.667. The molecule has 0 radical (unpaired) electrons. The number of hydrogen-bond acceptors (Lipinski definition) is 1. The molecule has 1 heteroatoms. The molecule has 0 amide bonds. The zero-order chi connectivity index (χ0) is 13.0. The molecule has 0 spiro atoms. The molecular weight excluding hydrogens is 230 g/mol. The lowest BCUT2D eigenvalue weighted by Crippen LogP contribution is -2.54. The zero-order valence-electron chi connectivity index (χ0n) is 12.2. The maximum Gasteiger partial charge on any atom is 0.0381 e. The van der Waals surface area contributed by atoms with Gasteiger partial charge in [0.15, 0.2) is 0 Å². The van der Waals surface area contributed by atoms with Crippen LogP contribution in [0.25, 0.3) is 0 Å². The van der Waals surface area contributed by atoms with Gasteiger partial charge in [-0.3, -0.25) is 0 Å². The fourth-order valence-electron chi connectivity index (χ4n) is 5.50. The highest BCUT2D eigenvalue weighted by atomic mass is 15.0. The van der Waals surface area contributed by atoms with E-state index in [9.17, 15) is 0 Å².